The molecule has 8 nitrogen and oxygen atoms in total. The second kappa shape index (κ2) is 10.3. The summed E-state index contributed by atoms with van der Waals surface area (Å²) < 4.78 is 2.74. The molecule has 2 heterocycles. The first-order valence-corrected chi connectivity index (χ1v) is 12.4. The van der Waals surface area contributed by atoms with E-state index in [0.717, 1.165) is 5.56 Å². The van der Waals surface area contributed by atoms with E-state index in [1.54, 1.807) is 39.0 Å². The molecule has 192 valence electrons. The molecule has 0 aliphatic rings. The summed E-state index contributed by atoms with van der Waals surface area (Å²) in [7, 11) is 1.50. The molecule has 0 aliphatic carbocycles. The molecule has 0 fully saturated rings. The number of aliphatic hydroxyl groups is 1. The number of benzene rings is 2. The average Bonchev–Trinajstić information content (AvgIpc) is 3.30. The number of pyridine rings is 1. The summed E-state index contributed by atoms with van der Waals surface area (Å²) in [5, 5.41) is 18.8. The van der Waals surface area contributed by atoms with Crippen molar-refractivity contribution in [2.75, 3.05) is 7.05 Å². The first kappa shape index (κ1) is 26.3. The van der Waals surface area contributed by atoms with Gasteiger partial charge in [0.15, 0.2) is 11.6 Å². The Hall–Kier alpha value is -3.75. The Kier molecular flexibility index (Phi) is 7.34. The highest BCUT2D eigenvalue weighted by atomic mass is 35.5. The van der Waals surface area contributed by atoms with Crippen molar-refractivity contribution in [3.63, 3.8) is 0 Å². The molecular weight excluding hydrogens is 492 g/mol. The predicted molar refractivity (Wildman–Crippen MR) is 145 cm³/mol. The van der Waals surface area contributed by atoms with Crippen LogP contribution in [0.3, 0.4) is 0 Å². The largest absolute Gasteiger partial charge is 0.390 e. The third-order valence-electron chi connectivity index (χ3n) is 6.18. The predicted octanol–water partition coefficient (Wildman–Crippen LogP) is 4.62. The quantitative estimate of drug-likeness (QED) is 0.330. The van der Waals surface area contributed by atoms with Gasteiger partial charge in [-0.25, -0.2) is 0 Å². The van der Waals surface area contributed by atoms with Crippen molar-refractivity contribution in [1.82, 2.24) is 19.7 Å². The highest BCUT2D eigenvalue weighted by Gasteiger charge is 2.26. The molecule has 4 aromatic rings. The maximum Gasteiger partial charge on any atom is 0.269 e. The third kappa shape index (κ3) is 5.21. The van der Waals surface area contributed by atoms with Gasteiger partial charge in [-0.3, -0.25) is 23.6 Å². The van der Waals surface area contributed by atoms with E-state index in [9.17, 15) is 19.5 Å². The smallest absolute Gasteiger partial charge is 0.269 e. The standard InChI is InChI=1S/C28H29ClN4O4/c1-5-22(34)25-24(17-9-7-6-8-10-17)20-15-18(29)11-12-19(20)27(36)33(25)23-16-21(26(35)30-4)32(31-23)14-13-28(2,3)37/h6-12,15-16,37H,5,13-14H2,1-4H3,(H,30,35). The molecule has 0 unspecified atom stereocenters. The van der Waals surface area contributed by atoms with Gasteiger partial charge in [0.05, 0.1) is 5.60 Å². The molecule has 2 aromatic heterocycles. The minimum Gasteiger partial charge on any atom is -0.390 e. The van der Waals surface area contributed by atoms with Gasteiger partial charge < -0.3 is 10.4 Å². The Bertz CT molecular complexity index is 1550. The number of nitrogens with zero attached hydrogens (tertiary/aromatic N) is 3. The zero-order valence-electron chi connectivity index (χ0n) is 21.2. The maximum absolute atomic E-state index is 13.9. The number of halogens is 1. The number of carbonyl (C=O) groups excluding carboxylic acids is 2. The van der Waals surface area contributed by atoms with Crippen molar-refractivity contribution in [1.29, 1.82) is 0 Å². The number of aryl methyl sites for hydroxylation is 1. The first-order chi connectivity index (χ1) is 17.6. The topological polar surface area (TPSA) is 106 Å². The zero-order chi connectivity index (χ0) is 26.9. The molecule has 0 saturated heterocycles. The van der Waals surface area contributed by atoms with Gasteiger partial charge in [0.1, 0.15) is 11.4 Å². The lowest BCUT2D eigenvalue weighted by Gasteiger charge is -2.18. The zero-order valence-corrected chi connectivity index (χ0v) is 22.0. The molecule has 9 heteroatoms. The van der Waals surface area contributed by atoms with E-state index in [4.69, 9.17) is 11.6 Å². The number of hydrogen-bond donors (Lipinski definition) is 2. The van der Waals surface area contributed by atoms with E-state index in [1.807, 2.05) is 30.3 Å². The molecule has 2 N–H and O–H groups in total. The van der Waals surface area contributed by atoms with Gasteiger partial charge in [-0.1, -0.05) is 48.9 Å². The normalized spacial score (nSPS) is 11.6. The Labute approximate surface area is 219 Å². The maximum atomic E-state index is 13.9. The van der Waals surface area contributed by atoms with E-state index in [2.05, 4.69) is 10.4 Å². The van der Waals surface area contributed by atoms with E-state index in [-0.39, 0.29) is 36.0 Å². The van der Waals surface area contributed by atoms with E-state index < -0.39 is 17.1 Å². The van der Waals surface area contributed by atoms with Crippen molar-refractivity contribution in [3.8, 4) is 16.9 Å². The summed E-state index contributed by atoms with van der Waals surface area (Å²) in [5.41, 5.74) is 0.254. The second-order valence-electron chi connectivity index (χ2n) is 9.45. The fraction of sp³-hybridized carbons (Fsp3) is 0.286. The lowest BCUT2D eigenvalue weighted by atomic mass is 9.94. The summed E-state index contributed by atoms with van der Waals surface area (Å²) in [4.78, 5) is 40.1. The van der Waals surface area contributed by atoms with Gasteiger partial charge in [-0.05, 0) is 49.4 Å². The minimum atomic E-state index is -0.991. The van der Waals surface area contributed by atoms with Crippen LogP contribution in [0.1, 0.15) is 54.6 Å². The van der Waals surface area contributed by atoms with Gasteiger partial charge >= 0.3 is 0 Å². The minimum absolute atomic E-state index is 0.144. The van der Waals surface area contributed by atoms with Crippen molar-refractivity contribution in [2.24, 2.45) is 0 Å². The van der Waals surface area contributed by atoms with E-state index in [1.165, 1.54) is 22.4 Å². The van der Waals surface area contributed by atoms with Crippen LogP contribution >= 0.6 is 11.6 Å². The molecule has 0 bridgehead atoms. The number of carbonyl (C=O) groups is 2. The molecule has 2 aromatic carbocycles. The summed E-state index contributed by atoms with van der Waals surface area (Å²) in [6.07, 6.45) is 0.465. The Morgan fingerprint density at radius 2 is 1.78 bits per heavy atom. The number of aromatic nitrogens is 3. The van der Waals surface area contributed by atoms with Crippen LogP contribution in [-0.2, 0) is 6.54 Å². The number of hydrogen-bond acceptors (Lipinski definition) is 5. The van der Waals surface area contributed by atoms with Gasteiger partial charge in [0.2, 0.25) is 0 Å². The van der Waals surface area contributed by atoms with Crippen molar-refractivity contribution < 1.29 is 14.7 Å². The summed E-state index contributed by atoms with van der Waals surface area (Å²) in [6.45, 7) is 5.29. The number of Topliss-reactive ketones (excluding diaryl/α,β-unsaturated/α-hetero) is 1. The molecule has 0 aliphatic heterocycles. The third-order valence-corrected chi connectivity index (χ3v) is 6.42. The van der Waals surface area contributed by atoms with Crippen LogP contribution in [0.2, 0.25) is 5.02 Å². The Balaban J connectivity index is 2.11. The lowest BCUT2D eigenvalue weighted by molar-refractivity contribution is 0.0643. The molecule has 1 amide bonds. The van der Waals surface area contributed by atoms with Crippen LogP contribution in [0.4, 0.5) is 0 Å². The van der Waals surface area contributed by atoms with Gasteiger partial charge in [-0.2, -0.15) is 5.10 Å². The highest BCUT2D eigenvalue weighted by Crippen LogP contribution is 2.34. The molecule has 0 radical (unpaired) electrons. The number of nitrogens with one attached hydrogen (secondary N) is 1. The van der Waals surface area contributed by atoms with Crippen molar-refractivity contribution in [2.45, 2.75) is 45.8 Å². The van der Waals surface area contributed by atoms with Crippen LogP contribution in [0.15, 0.2) is 59.4 Å². The molecule has 0 saturated carbocycles. The van der Waals surface area contributed by atoms with Crippen LogP contribution in [0.5, 0.6) is 0 Å². The van der Waals surface area contributed by atoms with Crippen LogP contribution < -0.4 is 10.9 Å². The van der Waals surface area contributed by atoms with Gasteiger partial charge in [0.25, 0.3) is 11.5 Å². The summed E-state index contributed by atoms with van der Waals surface area (Å²) >= 11 is 6.33. The Morgan fingerprint density at radius 3 is 2.41 bits per heavy atom. The number of ketones is 1. The fourth-order valence-corrected chi connectivity index (χ4v) is 4.46. The second-order valence-corrected chi connectivity index (χ2v) is 9.89. The summed E-state index contributed by atoms with van der Waals surface area (Å²) in [5.74, 6) is -0.516. The van der Waals surface area contributed by atoms with Gasteiger partial charge in [0, 0.05) is 42.1 Å². The van der Waals surface area contributed by atoms with Crippen molar-refractivity contribution >= 4 is 34.1 Å². The van der Waals surface area contributed by atoms with E-state index >= 15 is 0 Å². The molecule has 37 heavy (non-hydrogen) atoms. The molecule has 4 rings (SSSR count). The van der Waals surface area contributed by atoms with Crippen LogP contribution in [0, 0.1) is 0 Å². The number of amides is 1. The lowest BCUT2D eigenvalue weighted by Crippen LogP contribution is -2.27. The monoisotopic (exact) mass is 520 g/mol. The first-order valence-electron chi connectivity index (χ1n) is 12.0. The van der Waals surface area contributed by atoms with Crippen LogP contribution in [-0.4, -0.2) is 43.8 Å². The number of rotatable bonds is 8. The summed E-state index contributed by atoms with van der Waals surface area (Å²) in [6, 6.07) is 15.8. The van der Waals surface area contributed by atoms with Crippen LogP contribution in [0.25, 0.3) is 27.7 Å². The fourth-order valence-electron chi connectivity index (χ4n) is 4.29. The molecular formula is C28H29ClN4O4. The Morgan fingerprint density at radius 1 is 1.08 bits per heavy atom. The molecule has 0 spiro atoms. The molecule has 0 atom stereocenters. The number of fused-ring (bicyclic) bond motifs is 1. The highest BCUT2D eigenvalue weighted by molar-refractivity contribution is 6.31. The van der Waals surface area contributed by atoms with Crippen molar-refractivity contribution in [3.05, 3.63) is 81.4 Å². The van der Waals surface area contributed by atoms with E-state index in [0.29, 0.717) is 27.8 Å². The van der Waals surface area contributed by atoms with Gasteiger partial charge in [-0.15, -0.1) is 0 Å². The SMILES string of the molecule is CCC(=O)c1c(-c2ccccc2)c2cc(Cl)ccc2c(=O)n1-c1cc(C(=O)NC)n(CCC(C)(C)O)n1. The average molecular weight is 521 g/mol.